The molecule has 3 nitrogen and oxygen atoms in total. The van der Waals surface area contributed by atoms with E-state index in [1.807, 2.05) is 0 Å². The molecule has 18 heavy (non-hydrogen) atoms. The minimum atomic E-state index is -0.332. The Bertz CT molecular complexity index is 557. The van der Waals surface area contributed by atoms with Crippen molar-refractivity contribution in [1.82, 2.24) is 4.98 Å². The highest BCUT2D eigenvalue weighted by Crippen LogP contribution is 2.17. The normalized spacial score (nSPS) is 10.1. The summed E-state index contributed by atoms with van der Waals surface area (Å²) in [5, 5.41) is 0. The number of carbonyl (C=O) groups excluding carboxylic acids is 1. The van der Waals surface area contributed by atoms with Gasteiger partial charge in [0.15, 0.2) is 6.29 Å². The van der Waals surface area contributed by atoms with Crippen LogP contribution >= 0.6 is 15.9 Å². The van der Waals surface area contributed by atoms with E-state index in [9.17, 15) is 9.18 Å². The van der Waals surface area contributed by atoms with Gasteiger partial charge < -0.3 is 4.74 Å². The smallest absolute Gasteiger partial charge is 0.168 e. The Hall–Kier alpha value is -1.75. The van der Waals surface area contributed by atoms with Crippen molar-refractivity contribution in [3.8, 4) is 5.75 Å². The van der Waals surface area contributed by atoms with E-state index in [0.29, 0.717) is 27.8 Å². The number of aromatic nitrogens is 1. The first-order chi connectivity index (χ1) is 8.69. The molecule has 2 rings (SSSR count). The zero-order valence-corrected chi connectivity index (χ0v) is 10.9. The third-order valence-corrected chi connectivity index (χ3v) is 2.78. The number of hydrogen-bond donors (Lipinski definition) is 0. The summed E-state index contributed by atoms with van der Waals surface area (Å²) in [6.45, 7) is 0.112. The summed E-state index contributed by atoms with van der Waals surface area (Å²) in [6, 6.07) is 7.93. The molecule has 0 atom stereocenters. The van der Waals surface area contributed by atoms with Gasteiger partial charge in [-0.3, -0.25) is 4.79 Å². The maximum atomic E-state index is 13.5. The highest BCUT2D eigenvalue weighted by atomic mass is 79.9. The summed E-state index contributed by atoms with van der Waals surface area (Å²) >= 11 is 3.18. The Morgan fingerprint density at radius 1 is 1.33 bits per heavy atom. The van der Waals surface area contributed by atoms with Crippen LogP contribution in [-0.2, 0) is 6.61 Å². The molecular weight excluding hydrogens is 301 g/mol. The van der Waals surface area contributed by atoms with Crippen LogP contribution in [0.25, 0.3) is 0 Å². The number of nitrogens with zero attached hydrogens (tertiary/aromatic N) is 1. The lowest BCUT2D eigenvalue weighted by atomic mass is 10.2. The number of pyridine rings is 1. The highest BCUT2D eigenvalue weighted by molar-refractivity contribution is 9.10. The largest absolute Gasteiger partial charge is 0.487 e. The van der Waals surface area contributed by atoms with Gasteiger partial charge in [-0.2, -0.15) is 0 Å². The Labute approximate surface area is 112 Å². The molecule has 92 valence electrons. The van der Waals surface area contributed by atoms with E-state index >= 15 is 0 Å². The van der Waals surface area contributed by atoms with Gasteiger partial charge in [-0.25, -0.2) is 9.37 Å². The van der Waals surface area contributed by atoms with E-state index in [-0.39, 0.29) is 12.4 Å². The van der Waals surface area contributed by atoms with Crippen LogP contribution in [0.1, 0.15) is 16.1 Å². The number of halogens is 2. The van der Waals surface area contributed by atoms with E-state index in [1.165, 1.54) is 12.3 Å². The molecule has 0 bridgehead atoms. The van der Waals surface area contributed by atoms with Gasteiger partial charge in [-0.05, 0) is 24.3 Å². The molecule has 0 spiro atoms. The molecule has 0 saturated heterocycles. The fourth-order valence-corrected chi connectivity index (χ4v) is 1.68. The van der Waals surface area contributed by atoms with Gasteiger partial charge in [-0.15, -0.1) is 0 Å². The molecule has 1 heterocycles. The fourth-order valence-electron chi connectivity index (χ4n) is 1.35. The first-order valence-electron chi connectivity index (χ1n) is 5.17. The second-order valence-electron chi connectivity index (χ2n) is 3.56. The van der Waals surface area contributed by atoms with Crippen LogP contribution in [-0.4, -0.2) is 11.3 Å². The average molecular weight is 310 g/mol. The monoisotopic (exact) mass is 309 g/mol. The predicted molar refractivity (Wildman–Crippen MR) is 68.1 cm³/mol. The summed E-state index contributed by atoms with van der Waals surface area (Å²) in [5.74, 6) is 0.157. The lowest BCUT2D eigenvalue weighted by Gasteiger charge is -2.07. The third kappa shape index (κ3) is 3.13. The second kappa shape index (κ2) is 5.73. The second-order valence-corrected chi connectivity index (χ2v) is 4.48. The molecule has 0 aliphatic carbocycles. The summed E-state index contributed by atoms with van der Waals surface area (Å²) in [6.07, 6.45) is 2.08. The minimum Gasteiger partial charge on any atom is -0.487 e. The van der Waals surface area contributed by atoms with Crippen LogP contribution in [0, 0.1) is 5.82 Å². The minimum absolute atomic E-state index is 0.112. The van der Waals surface area contributed by atoms with Crippen LogP contribution in [0.5, 0.6) is 5.75 Å². The van der Waals surface area contributed by atoms with Crippen molar-refractivity contribution in [2.24, 2.45) is 0 Å². The molecule has 0 aliphatic rings. The SMILES string of the molecule is O=Cc1ccc(OCc2ccc(Br)cc2F)cn1. The standard InChI is InChI=1S/C13H9BrFNO2/c14-10-2-1-9(13(15)5-10)8-18-12-4-3-11(7-17)16-6-12/h1-7H,8H2. The molecule has 1 aromatic heterocycles. The van der Waals surface area contributed by atoms with Gasteiger partial charge in [0.1, 0.15) is 23.9 Å². The average Bonchev–Trinajstić information content (AvgIpc) is 2.38. The number of benzene rings is 1. The van der Waals surface area contributed by atoms with Gasteiger partial charge in [0.25, 0.3) is 0 Å². The topological polar surface area (TPSA) is 39.2 Å². The van der Waals surface area contributed by atoms with Crippen LogP contribution in [0.15, 0.2) is 41.0 Å². The van der Waals surface area contributed by atoms with E-state index < -0.39 is 0 Å². The Balaban J connectivity index is 2.04. The Morgan fingerprint density at radius 2 is 2.17 bits per heavy atom. The van der Waals surface area contributed by atoms with E-state index in [1.54, 1.807) is 24.3 Å². The molecule has 0 saturated carbocycles. The predicted octanol–water partition coefficient (Wildman–Crippen LogP) is 3.37. The van der Waals surface area contributed by atoms with Crippen LogP contribution < -0.4 is 4.74 Å². The van der Waals surface area contributed by atoms with E-state index in [0.717, 1.165) is 0 Å². The number of aldehydes is 1. The third-order valence-electron chi connectivity index (χ3n) is 2.29. The number of carbonyl (C=O) groups is 1. The van der Waals surface area contributed by atoms with Gasteiger partial charge in [0, 0.05) is 10.0 Å². The van der Waals surface area contributed by atoms with Gasteiger partial charge in [-0.1, -0.05) is 22.0 Å². The molecule has 5 heteroatoms. The molecule has 0 aliphatic heterocycles. The fraction of sp³-hybridized carbons (Fsp3) is 0.0769. The van der Waals surface area contributed by atoms with E-state index in [4.69, 9.17) is 4.74 Å². The molecule has 0 N–H and O–H groups in total. The maximum Gasteiger partial charge on any atom is 0.168 e. The number of ether oxygens (including phenoxy) is 1. The van der Waals surface area contributed by atoms with E-state index in [2.05, 4.69) is 20.9 Å². The van der Waals surface area contributed by atoms with Gasteiger partial charge >= 0.3 is 0 Å². The van der Waals surface area contributed by atoms with Crippen molar-refractivity contribution in [3.63, 3.8) is 0 Å². The van der Waals surface area contributed by atoms with Gasteiger partial charge in [0.05, 0.1) is 6.20 Å². The first kappa shape index (κ1) is 12.7. The van der Waals surface area contributed by atoms with Crippen molar-refractivity contribution < 1.29 is 13.9 Å². The lowest BCUT2D eigenvalue weighted by molar-refractivity contribution is 0.111. The van der Waals surface area contributed by atoms with Crippen molar-refractivity contribution in [3.05, 3.63) is 58.1 Å². The zero-order chi connectivity index (χ0) is 13.0. The zero-order valence-electron chi connectivity index (χ0n) is 9.27. The molecule has 0 unspecified atom stereocenters. The number of rotatable bonds is 4. The summed E-state index contributed by atoms with van der Waals surface area (Å²) in [4.78, 5) is 14.3. The van der Waals surface area contributed by atoms with Crippen LogP contribution in [0.4, 0.5) is 4.39 Å². The maximum absolute atomic E-state index is 13.5. The Kier molecular flexibility index (Phi) is 4.04. The molecule has 1 aromatic carbocycles. The summed E-state index contributed by atoms with van der Waals surface area (Å²) in [7, 11) is 0. The molecule has 0 amide bonds. The van der Waals surface area contributed by atoms with Crippen molar-refractivity contribution in [2.75, 3.05) is 0 Å². The Morgan fingerprint density at radius 3 is 2.78 bits per heavy atom. The van der Waals surface area contributed by atoms with Crippen LogP contribution in [0.3, 0.4) is 0 Å². The van der Waals surface area contributed by atoms with Crippen molar-refractivity contribution in [2.45, 2.75) is 6.61 Å². The molecule has 2 aromatic rings. The van der Waals surface area contributed by atoms with Crippen LogP contribution in [0.2, 0.25) is 0 Å². The number of hydrogen-bond acceptors (Lipinski definition) is 3. The molecule has 0 fully saturated rings. The van der Waals surface area contributed by atoms with Crippen molar-refractivity contribution in [1.29, 1.82) is 0 Å². The summed E-state index contributed by atoms with van der Waals surface area (Å²) < 4.78 is 19.6. The van der Waals surface area contributed by atoms with Gasteiger partial charge in [0.2, 0.25) is 0 Å². The quantitative estimate of drug-likeness (QED) is 0.813. The molecule has 0 radical (unpaired) electrons. The highest BCUT2D eigenvalue weighted by Gasteiger charge is 2.04. The van der Waals surface area contributed by atoms with Crippen molar-refractivity contribution >= 4 is 22.2 Å². The lowest BCUT2D eigenvalue weighted by Crippen LogP contribution is -1.99. The molecular formula is C13H9BrFNO2. The summed E-state index contributed by atoms with van der Waals surface area (Å²) in [5.41, 5.74) is 0.787. The first-order valence-corrected chi connectivity index (χ1v) is 5.96.